The first kappa shape index (κ1) is 53.3. The minimum atomic E-state index is -3.98. The van der Waals surface area contributed by atoms with E-state index in [1.54, 1.807) is 60.7 Å². The molecule has 1 amide bonds. The summed E-state index contributed by atoms with van der Waals surface area (Å²) < 4.78 is 60.7. The van der Waals surface area contributed by atoms with Crippen molar-refractivity contribution in [3.05, 3.63) is 108 Å². The maximum atomic E-state index is 13.3. The number of hydrogen-bond acceptors (Lipinski definition) is 9. The van der Waals surface area contributed by atoms with Crippen molar-refractivity contribution < 1.29 is 36.6 Å². The molecule has 6 N–H and O–H groups in total. The number of carbonyl (C=O) groups is 1. The molecule has 0 aliphatic carbocycles. The number of nitrogens with two attached hydrogens (primary N) is 1. The zero-order valence-electron chi connectivity index (χ0n) is 39.7. The molecule has 5 aromatic carbocycles. The molecule has 5 aromatic rings. The average molecular weight is 944 g/mol. The number of benzene rings is 5. The Morgan fingerprint density at radius 3 is 1.65 bits per heavy atom. The van der Waals surface area contributed by atoms with Gasteiger partial charge in [0.2, 0.25) is 9.84 Å². The van der Waals surface area contributed by atoms with Crippen LogP contribution < -0.4 is 20.5 Å². The molecule has 0 saturated heterocycles. The number of rotatable bonds is 25. The molecule has 0 saturated carbocycles. The summed E-state index contributed by atoms with van der Waals surface area (Å²) in [7, 11) is -7.83. The number of phenolic OH excluding ortho intramolecular Hbond substituents is 2. The number of anilines is 2. The first-order chi connectivity index (χ1) is 31.5. The fraction of sp³-hybridized carbons (Fsp3) is 0.453. The van der Waals surface area contributed by atoms with Gasteiger partial charge in [0.1, 0.15) is 22.1 Å². The first-order valence-corrected chi connectivity index (χ1v) is 26.7. The van der Waals surface area contributed by atoms with Crippen molar-refractivity contribution in [2.45, 2.75) is 157 Å². The standard InChI is InChI=1S/C32H51NO4S.C21H22N2O4S/c1-5-6-7-8-9-10-11-12-13-14-15-16-17-21-24-37-28-25-27(34)31(30(33)29(28)32(2,3)4)38(35,36)26-22-19-18-20-23-26;1-2-3-13-22-21(25)18-14-19(16-11-7-8-12-17(16)20(18)24)23-28(26,27)15-9-5-4-6-10-15/h18-20,22-23,25,34H,5-17,21,24,33H2,1-4H3;4-12,14,23-24H,2-3,13H2,1H3,(H,22,25). The average Bonchev–Trinajstić information content (AvgIpc) is 3.28. The fourth-order valence-corrected chi connectivity index (χ4v) is 10.5. The van der Waals surface area contributed by atoms with Crippen LogP contribution in [-0.2, 0) is 25.3 Å². The summed E-state index contributed by atoms with van der Waals surface area (Å²) in [6.07, 6.45) is 19.8. The normalized spacial score (nSPS) is 11.8. The Kier molecular flexibility index (Phi) is 21.2. The molecule has 0 radical (unpaired) electrons. The monoisotopic (exact) mass is 943 g/mol. The highest BCUT2D eigenvalue weighted by atomic mass is 32.2. The molecule has 0 aliphatic rings. The van der Waals surface area contributed by atoms with Crippen molar-refractivity contribution >= 4 is 47.9 Å². The lowest BCUT2D eigenvalue weighted by Crippen LogP contribution is -2.24. The number of amides is 1. The summed E-state index contributed by atoms with van der Waals surface area (Å²) in [5, 5.41) is 25.0. The highest BCUT2D eigenvalue weighted by molar-refractivity contribution is 7.92. The van der Waals surface area contributed by atoms with E-state index in [0.717, 1.165) is 25.7 Å². The molecule has 0 unspecified atom stereocenters. The van der Waals surface area contributed by atoms with Gasteiger partial charge in [-0.05, 0) is 48.6 Å². The minimum Gasteiger partial charge on any atom is -0.506 e. The number of aromatic hydroxyl groups is 2. The van der Waals surface area contributed by atoms with E-state index < -0.39 is 31.2 Å². The van der Waals surface area contributed by atoms with Crippen molar-refractivity contribution in [3.8, 4) is 17.2 Å². The van der Waals surface area contributed by atoms with E-state index in [-0.39, 0.29) is 43.1 Å². The molecule has 5 rings (SSSR count). The van der Waals surface area contributed by atoms with Crippen molar-refractivity contribution in [2.75, 3.05) is 23.6 Å². The third-order valence-corrected chi connectivity index (χ3v) is 14.7. The Labute approximate surface area is 394 Å². The molecule has 66 heavy (non-hydrogen) atoms. The third-order valence-electron chi connectivity index (χ3n) is 11.5. The van der Waals surface area contributed by atoms with Gasteiger partial charge in [-0.2, -0.15) is 0 Å². The van der Waals surface area contributed by atoms with Crippen molar-refractivity contribution in [1.82, 2.24) is 5.32 Å². The molecule has 0 spiro atoms. The van der Waals surface area contributed by atoms with Crippen LogP contribution in [0.25, 0.3) is 10.8 Å². The lowest BCUT2D eigenvalue weighted by Gasteiger charge is -2.27. The summed E-state index contributed by atoms with van der Waals surface area (Å²) in [5.41, 5.74) is 6.88. The van der Waals surface area contributed by atoms with E-state index in [1.165, 1.54) is 113 Å². The molecular formula is C53H73N3O8S2. The first-order valence-electron chi connectivity index (χ1n) is 23.7. The zero-order chi connectivity index (χ0) is 48.2. The number of unbranched alkanes of at least 4 members (excludes halogenated alkanes) is 14. The second-order valence-corrected chi connectivity index (χ2v) is 21.5. The van der Waals surface area contributed by atoms with E-state index in [9.17, 15) is 31.8 Å². The van der Waals surface area contributed by atoms with Gasteiger partial charge in [0.15, 0.2) is 0 Å². The van der Waals surface area contributed by atoms with Crippen LogP contribution in [0.2, 0.25) is 0 Å². The summed E-state index contributed by atoms with van der Waals surface area (Å²) in [4.78, 5) is 12.5. The molecule has 11 nitrogen and oxygen atoms in total. The smallest absolute Gasteiger partial charge is 0.261 e. The van der Waals surface area contributed by atoms with Crippen LogP contribution in [0.15, 0.2) is 112 Å². The SMILES string of the molecule is CCCCCCCCCCCCCCCCOc1cc(O)c(S(=O)(=O)c2ccccc2)c(N)c1C(C)(C)C.CCCCNC(=O)c1cc(NS(=O)(=O)c2ccccc2)c2ccccc2c1O. The Balaban J connectivity index is 0.000000301. The number of hydrogen-bond donors (Lipinski definition) is 5. The number of nitrogen functional groups attached to an aromatic ring is 1. The molecule has 0 aliphatic heterocycles. The Hall–Kier alpha value is -5.27. The number of sulfonamides is 1. The summed E-state index contributed by atoms with van der Waals surface area (Å²) in [6, 6.07) is 25.6. The van der Waals surface area contributed by atoms with Gasteiger partial charge in [0, 0.05) is 28.9 Å². The van der Waals surface area contributed by atoms with Crippen LogP contribution in [0.5, 0.6) is 17.2 Å². The molecule has 0 bridgehead atoms. The summed E-state index contributed by atoms with van der Waals surface area (Å²) >= 11 is 0. The van der Waals surface area contributed by atoms with E-state index in [1.807, 2.05) is 27.7 Å². The number of carbonyl (C=O) groups excluding carboxylic acids is 1. The summed E-state index contributed by atoms with van der Waals surface area (Å²) in [6.45, 7) is 11.2. The van der Waals surface area contributed by atoms with Gasteiger partial charge in [-0.25, -0.2) is 16.8 Å². The van der Waals surface area contributed by atoms with Crippen LogP contribution in [0.3, 0.4) is 0 Å². The number of nitrogens with one attached hydrogen (secondary N) is 2. The van der Waals surface area contributed by atoms with Gasteiger partial charge in [-0.15, -0.1) is 0 Å². The van der Waals surface area contributed by atoms with Crippen LogP contribution >= 0.6 is 0 Å². The second kappa shape index (κ2) is 26.2. The van der Waals surface area contributed by atoms with E-state index in [4.69, 9.17) is 10.5 Å². The molecule has 0 atom stereocenters. The van der Waals surface area contributed by atoms with Crippen LogP contribution in [0, 0.1) is 0 Å². The lowest BCUT2D eigenvalue weighted by molar-refractivity contribution is 0.0950. The quantitative estimate of drug-likeness (QED) is 0.0216. The Bertz CT molecular complexity index is 2510. The fourth-order valence-electron chi connectivity index (χ4n) is 7.91. The predicted molar refractivity (Wildman–Crippen MR) is 269 cm³/mol. The third kappa shape index (κ3) is 15.4. The number of sulfone groups is 1. The molecule has 0 fully saturated rings. The van der Waals surface area contributed by atoms with Gasteiger partial charge >= 0.3 is 0 Å². The number of ether oxygens (including phenoxy) is 1. The van der Waals surface area contributed by atoms with Gasteiger partial charge in [-0.3, -0.25) is 9.52 Å². The lowest BCUT2D eigenvalue weighted by atomic mass is 9.85. The largest absolute Gasteiger partial charge is 0.506 e. The van der Waals surface area contributed by atoms with Crippen molar-refractivity contribution in [2.24, 2.45) is 0 Å². The van der Waals surface area contributed by atoms with E-state index in [2.05, 4.69) is 17.0 Å². The van der Waals surface area contributed by atoms with Crippen LogP contribution in [-0.4, -0.2) is 46.1 Å². The maximum Gasteiger partial charge on any atom is 0.261 e. The van der Waals surface area contributed by atoms with Crippen molar-refractivity contribution in [3.63, 3.8) is 0 Å². The highest BCUT2D eigenvalue weighted by Gasteiger charge is 2.32. The maximum absolute atomic E-state index is 13.3. The predicted octanol–water partition coefficient (Wildman–Crippen LogP) is 12.8. The van der Waals surface area contributed by atoms with Gasteiger partial charge in [0.25, 0.3) is 15.9 Å². The van der Waals surface area contributed by atoms with Crippen molar-refractivity contribution in [1.29, 1.82) is 0 Å². The molecule has 13 heteroatoms. The van der Waals surface area contributed by atoms with Gasteiger partial charge < -0.3 is 26.0 Å². The number of phenols is 2. The Morgan fingerprint density at radius 1 is 0.636 bits per heavy atom. The van der Waals surface area contributed by atoms with E-state index >= 15 is 0 Å². The van der Waals surface area contributed by atoms with E-state index in [0.29, 0.717) is 35.2 Å². The van der Waals surface area contributed by atoms with Crippen LogP contribution in [0.4, 0.5) is 11.4 Å². The number of fused-ring (bicyclic) bond motifs is 1. The van der Waals surface area contributed by atoms with Crippen LogP contribution in [0.1, 0.15) is 153 Å². The molecule has 0 aromatic heterocycles. The zero-order valence-corrected chi connectivity index (χ0v) is 41.3. The Morgan fingerprint density at radius 2 is 1.12 bits per heavy atom. The second-order valence-electron chi connectivity index (χ2n) is 17.9. The summed E-state index contributed by atoms with van der Waals surface area (Å²) in [5.74, 6) is -0.548. The molecule has 360 valence electrons. The molecular weight excluding hydrogens is 871 g/mol. The van der Waals surface area contributed by atoms with Gasteiger partial charge in [-0.1, -0.05) is 185 Å². The minimum absolute atomic E-state index is 0.0283. The topological polar surface area (TPSA) is 185 Å². The van der Waals surface area contributed by atoms with Gasteiger partial charge in [0.05, 0.1) is 33.3 Å². The highest BCUT2D eigenvalue weighted by Crippen LogP contribution is 2.46. The molecule has 0 heterocycles.